The number of phenolic OH excluding ortho intramolecular Hbond substituents is 1. The number of carboxylic acid groups (broad SMARTS) is 1. The maximum Gasteiger partial charge on any atom is 0.339 e. The van der Waals surface area contributed by atoms with Crippen molar-refractivity contribution in [2.75, 3.05) is 6.61 Å². The van der Waals surface area contributed by atoms with E-state index in [1.54, 1.807) is 0 Å². The second-order valence-electron chi connectivity index (χ2n) is 3.39. The van der Waals surface area contributed by atoms with Crippen LogP contribution < -0.4 is 0 Å². The Labute approximate surface area is 102 Å². The molecule has 4 N–H and O–H groups in total. The molecule has 1 aromatic carbocycles. The van der Waals surface area contributed by atoms with Crippen LogP contribution in [-0.2, 0) is 9.53 Å². The van der Waals surface area contributed by atoms with E-state index in [0.717, 1.165) is 12.1 Å². The summed E-state index contributed by atoms with van der Waals surface area (Å²) >= 11 is 0. The zero-order valence-corrected chi connectivity index (χ0v) is 9.45. The molecule has 0 spiro atoms. The summed E-state index contributed by atoms with van der Waals surface area (Å²) < 4.78 is 4.53. The molecule has 0 amide bonds. The van der Waals surface area contributed by atoms with Crippen LogP contribution in [0.4, 0.5) is 0 Å². The van der Waals surface area contributed by atoms with Crippen LogP contribution in [0.25, 0.3) is 0 Å². The van der Waals surface area contributed by atoms with Crippen molar-refractivity contribution in [2.24, 2.45) is 0 Å². The zero-order valence-electron chi connectivity index (χ0n) is 9.45. The van der Waals surface area contributed by atoms with Crippen LogP contribution in [0, 0.1) is 0 Å². The fraction of sp³-hybridized carbons (Fsp3) is 0.273. The van der Waals surface area contributed by atoms with Crippen molar-refractivity contribution in [1.82, 2.24) is 0 Å². The maximum atomic E-state index is 11.3. The number of carbonyl (C=O) groups excluding carboxylic acids is 1. The van der Waals surface area contributed by atoms with Crippen molar-refractivity contribution < 1.29 is 34.8 Å². The predicted molar refractivity (Wildman–Crippen MR) is 58.3 cm³/mol. The standard InChI is InChI=1S/C11H12O7/c1-2-18-11(17)9(14)5-3-6(10(15)16)8(13)4-7(5)12/h3-4,9,12-14H,2H2,1H3,(H,15,16). The molecule has 7 nitrogen and oxygen atoms in total. The molecule has 0 bridgehead atoms. The Morgan fingerprint density at radius 3 is 2.39 bits per heavy atom. The monoisotopic (exact) mass is 256 g/mol. The molecule has 1 atom stereocenters. The van der Waals surface area contributed by atoms with E-state index in [1.807, 2.05) is 0 Å². The second kappa shape index (κ2) is 5.37. The third kappa shape index (κ3) is 2.69. The number of aliphatic hydroxyl groups excluding tert-OH is 1. The molecular formula is C11H12O7. The van der Waals surface area contributed by atoms with Gasteiger partial charge in [-0.25, -0.2) is 9.59 Å². The Morgan fingerprint density at radius 2 is 1.89 bits per heavy atom. The lowest BCUT2D eigenvalue weighted by molar-refractivity contribution is -0.153. The first-order valence-corrected chi connectivity index (χ1v) is 5.02. The van der Waals surface area contributed by atoms with Crippen molar-refractivity contribution in [3.8, 4) is 11.5 Å². The van der Waals surface area contributed by atoms with Crippen LogP contribution in [0.1, 0.15) is 28.9 Å². The van der Waals surface area contributed by atoms with E-state index < -0.39 is 35.1 Å². The van der Waals surface area contributed by atoms with Gasteiger partial charge in [0.25, 0.3) is 0 Å². The lowest BCUT2D eigenvalue weighted by Crippen LogP contribution is -2.16. The Balaban J connectivity index is 3.20. The highest BCUT2D eigenvalue weighted by Crippen LogP contribution is 2.32. The van der Waals surface area contributed by atoms with Crippen molar-refractivity contribution in [3.05, 3.63) is 23.3 Å². The smallest absolute Gasteiger partial charge is 0.339 e. The van der Waals surface area contributed by atoms with Gasteiger partial charge in [0, 0.05) is 11.6 Å². The minimum Gasteiger partial charge on any atom is -0.507 e. The summed E-state index contributed by atoms with van der Waals surface area (Å²) in [5.41, 5.74) is -0.880. The van der Waals surface area contributed by atoms with Crippen LogP contribution in [0.3, 0.4) is 0 Å². The van der Waals surface area contributed by atoms with Gasteiger partial charge in [0.2, 0.25) is 0 Å². The van der Waals surface area contributed by atoms with E-state index >= 15 is 0 Å². The average molecular weight is 256 g/mol. The molecule has 1 rings (SSSR count). The molecule has 18 heavy (non-hydrogen) atoms. The summed E-state index contributed by atoms with van der Waals surface area (Å²) in [5.74, 6) is -3.74. The van der Waals surface area contributed by atoms with Gasteiger partial charge in [-0.05, 0) is 13.0 Å². The molecule has 98 valence electrons. The largest absolute Gasteiger partial charge is 0.507 e. The molecule has 7 heteroatoms. The van der Waals surface area contributed by atoms with Gasteiger partial charge < -0.3 is 25.2 Å². The quantitative estimate of drug-likeness (QED) is 0.574. The lowest BCUT2D eigenvalue weighted by Gasteiger charge is -2.12. The van der Waals surface area contributed by atoms with E-state index in [-0.39, 0.29) is 12.2 Å². The molecule has 0 heterocycles. The predicted octanol–water partition coefficient (Wildman–Crippen LogP) is 0.393. The summed E-state index contributed by atoms with van der Waals surface area (Å²) in [6, 6.07) is 1.55. The van der Waals surface area contributed by atoms with Gasteiger partial charge in [0.05, 0.1) is 6.61 Å². The third-order valence-corrected chi connectivity index (χ3v) is 2.18. The first kappa shape index (κ1) is 13.8. The van der Waals surface area contributed by atoms with E-state index in [2.05, 4.69) is 4.74 Å². The molecule has 0 fully saturated rings. The van der Waals surface area contributed by atoms with Crippen molar-refractivity contribution in [3.63, 3.8) is 0 Å². The first-order valence-electron chi connectivity index (χ1n) is 5.02. The molecular weight excluding hydrogens is 244 g/mol. The molecule has 0 saturated carbocycles. The number of aromatic carboxylic acids is 1. The number of aliphatic hydroxyl groups is 1. The number of carboxylic acids is 1. The summed E-state index contributed by atoms with van der Waals surface area (Å²) in [4.78, 5) is 22.0. The number of hydrogen-bond acceptors (Lipinski definition) is 6. The van der Waals surface area contributed by atoms with Gasteiger partial charge in [-0.15, -0.1) is 0 Å². The Hall–Kier alpha value is -2.28. The highest BCUT2D eigenvalue weighted by atomic mass is 16.5. The number of benzene rings is 1. The fourth-order valence-electron chi connectivity index (χ4n) is 1.33. The Kier molecular flexibility index (Phi) is 4.11. The minimum absolute atomic E-state index is 0.0283. The minimum atomic E-state index is -1.82. The van der Waals surface area contributed by atoms with Gasteiger partial charge in [0.15, 0.2) is 6.10 Å². The normalized spacial score (nSPS) is 11.9. The fourth-order valence-corrected chi connectivity index (χ4v) is 1.33. The highest BCUT2D eigenvalue weighted by molar-refractivity contribution is 5.92. The molecule has 0 aliphatic carbocycles. The van der Waals surface area contributed by atoms with Crippen LogP contribution in [0.5, 0.6) is 11.5 Å². The lowest BCUT2D eigenvalue weighted by atomic mass is 10.0. The third-order valence-electron chi connectivity index (χ3n) is 2.18. The summed E-state index contributed by atoms with van der Waals surface area (Å²) in [6.07, 6.45) is -1.82. The van der Waals surface area contributed by atoms with Crippen molar-refractivity contribution in [2.45, 2.75) is 13.0 Å². The molecule has 0 aromatic heterocycles. The maximum absolute atomic E-state index is 11.3. The van der Waals surface area contributed by atoms with Gasteiger partial charge >= 0.3 is 11.9 Å². The van der Waals surface area contributed by atoms with Crippen LogP contribution in [0.15, 0.2) is 12.1 Å². The molecule has 0 aliphatic rings. The topological polar surface area (TPSA) is 124 Å². The second-order valence-corrected chi connectivity index (χ2v) is 3.39. The molecule has 1 aromatic rings. The number of aromatic hydroxyl groups is 2. The summed E-state index contributed by atoms with van der Waals surface area (Å²) in [7, 11) is 0. The van der Waals surface area contributed by atoms with E-state index in [0.29, 0.717) is 0 Å². The van der Waals surface area contributed by atoms with Crippen LogP contribution in [0.2, 0.25) is 0 Å². The Morgan fingerprint density at radius 1 is 1.28 bits per heavy atom. The number of rotatable bonds is 4. The van der Waals surface area contributed by atoms with Gasteiger partial charge in [0.1, 0.15) is 17.1 Å². The summed E-state index contributed by atoms with van der Waals surface area (Å²) in [5, 5.41) is 37.1. The van der Waals surface area contributed by atoms with Crippen molar-refractivity contribution >= 4 is 11.9 Å². The SMILES string of the molecule is CCOC(=O)C(O)c1cc(C(=O)O)c(O)cc1O. The molecule has 0 saturated heterocycles. The Bertz CT molecular complexity index is 481. The molecule has 0 aliphatic heterocycles. The van der Waals surface area contributed by atoms with E-state index in [1.165, 1.54) is 6.92 Å². The number of phenols is 2. The number of esters is 1. The number of hydrogen-bond donors (Lipinski definition) is 4. The van der Waals surface area contributed by atoms with Gasteiger partial charge in [-0.2, -0.15) is 0 Å². The summed E-state index contributed by atoms with van der Waals surface area (Å²) in [6.45, 7) is 1.56. The van der Waals surface area contributed by atoms with Gasteiger partial charge in [-0.1, -0.05) is 0 Å². The molecule has 1 unspecified atom stereocenters. The first-order chi connectivity index (χ1) is 8.38. The van der Waals surface area contributed by atoms with Gasteiger partial charge in [-0.3, -0.25) is 0 Å². The zero-order chi connectivity index (χ0) is 13.9. The van der Waals surface area contributed by atoms with E-state index in [4.69, 9.17) is 5.11 Å². The highest BCUT2D eigenvalue weighted by Gasteiger charge is 2.25. The van der Waals surface area contributed by atoms with E-state index in [9.17, 15) is 24.9 Å². The number of carbonyl (C=O) groups is 2. The van der Waals surface area contributed by atoms with Crippen LogP contribution in [-0.4, -0.2) is 39.0 Å². The van der Waals surface area contributed by atoms with Crippen LogP contribution >= 0.6 is 0 Å². The van der Waals surface area contributed by atoms with Crippen molar-refractivity contribution in [1.29, 1.82) is 0 Å². The number of ether oxygens (including phenoxy) is 1. The molecule has 0 radical (unpaired) electrons. The average Bonchev–Trinajstić information content (AvgIpc) is 2.28.